The monoisotopic (exact) mass is 1550 g/mol. The van der Waals surface area contributed by atoms with E-state index in [1.165, 1.54) is 0 Å². The summed E-state index contributed by atoms with van der Waals surface area (Å²) in [7, 11) is -44.8. The fourth-order valence-electron chi connectivity index (χ4n) is 2.65. The highest BCUT2D eigenvalue weighted by Crippen LogP contribution is 2.30. The molecule has 0 heterocycles. The van der Waals surface area contributed by atoms with Crippen molar-refractivity contribution in [1.29, 1.82) is 0 Å². The second kappa shape index (κ2) is 36.9. The predicted molar refractivity (Wildman–Crippen MR) is 268 cm³/mol. The van der Waals surface area contributed by atoms with E-state index >= 15 is 0 Å². The lowest BCUT2D eigenvalue weighted by molar-refractivity contribution is 0.143. The van der Waals surface area contributed by atoms with E-state index in [0.29, 0.717) is 14.2 Å². The van der Waals surface area contributed by atoms with Gasteiger partial charge < -0.3 is 10.2 Å². The van der Waals surface area contributed by atoms with Gasteiger partial charge in [0.05, 0.1) is 75.2 Å². The quantitative estimate of drug-likeness (QED) is 0.0191. The molecule has 0 rings (SSSR count). The number of hydrogen-bond acceptors (Lipinski definition) is 39. The molecule has 60 heteroatoms. The van der Waals surface area contributed by atoms with E-state index in [-0.39, 0.29) is 12.5 Å². The summed E-state index contributed by atoms with van der Waals surface area (Å²) in [5, 5.41) is 9.98. The Balaban J connectivity index is -0.000000208. The van der Waals surface area contributed by atoms with E-state index < -0.39 is 206 Å². The number of rotatable bonds is 31. The second-order valence-corrected chi connectivity index (χ2v) is 42.3. The smallest absolute Gasteiger partial charge is 0.394 e. The van der Waals surface area contributed by atoms with Crippen LogP contribution >= 0.6 is 43.6 Å². The van der Waals surface area contributed by atoms with Gasteiger partial charge in [-0.05, 0) is 0 Å². The molecule has 0 bridgehead atoms. The molecule has 0 atom stereocenters. The molecule has 3 N–H and O–H groups in total. The van der Waals surface area contributed by atoms with Gasteiger partial charge in [0, 0.05) is 44.2 Å². The van der Waals surface area contributed by atoms with Gasteiger partial charge in [0.25, 0.3) is 80.9 Å². The van der Waals surface area contributed by atoms with E-state index in [9.17, 15) is 127 Å². The summed E-state index contributed by atoms with van der Waals surface area (Å²) in [6.45, 7) is -4.05. The summed E-state index contributed by atoms with van der Waals surface area (Å²) in [6.07, 6.45) is 0.814. The normalized spacial score (nSPS) is 13.8. The van der Waals surface area contributed by atoms with Crippen LogP contribution in [0.1, 0.15) is 0 Å². The minimum Gasteiger partial charge on any atom is -0.394 e. The van der Waals surface area contributed by atoms with Crippen LogP contribution in [0.3, 0.4) is 0 Å². The molecule has 0 aliphatic carbocycles. The molecule has 0 aromatic rings. The summed E-state index contributed by atoms with van der Waals surface area (Å²) >= 11 is 5.14. The van der Waals surface area contributed by atoms with Crippen LogP contribution < -0.4 is 0 Å². The highest BCUT2D eigenvalue weighted by molar-refractivity contribution is 8.21. The molecule has 0 saturated carbocycles. The van der Waals surface area contributed by atoms with Crippen LogP contribution in [0.25, 0.3) is 0 Å². The number of aliphatic hydroxyl groups is 2. The maximum absolute atomic E-state index is 12.6. The molecule has 0 unspecified atom stereocenters. The van der Waals surface area contributed by atoms with Crippen LogP contribution in [-0.2, 0) is 176 Å². The van der Waals surface area contributed by atoms with E-state index in [4.69, 9.17) is 26.4 Å². The molecule has 0 spiro atoms. The van der Waals surface area contributed by atoms with Crippen molar-refractivity contribution >= 4 is 182 Å². The molecule has 0 radical (unpaired) electrons. The van der Waals surface area contributed by atoms with Gasteiger partial charge in [-0.15, -0.1) is 11.6 Å². The molecular weight excluding hydrogens is 1510 g/mol. The fraction of sp³-hybridized carbons (Fsp3) is 1.00. The topological polar surface area (TPSA) is 622 Å². The van der Waals surface area contributed by atoms with Crippen LogP contribution in [-0.4, -0.2) is 255 Å². The molecule has 40 nitrogen and oxygen atoms in total. The first kappa shape index (κ1) is 91.0. The van der Waals surface area contributed by atoms with E-state index in [0.717, 1.165) is 27.6 Å². The Morgan fingerprint density at radius 2 is 0.688 bits per heavy atom. The number of alkyl halides is 3. The highest BCUT2D eigenvalue weighted by Gasteiger charge is 2.59. The Morgan fingerprint density at radius 1 is 0.412 bits per heavy atom. The molecular formula is C20H46Cl4F2O40S14. The lowest BCUT2D eigenvalue weighted by Crippen LogP contribution is -2.39. The van der Waals surface area contributed by atoms with Gasteiger partial charge in [0.15, 0.2) is 30.2 Å². The number of hydrogen-bond donors (Lipinski definition) is 3. The van der Waals surface area contributed by atoms with E-state index in [2.05, 4.69) is 69.7 Å². The average Bonchev–Trinajstić information content (AvgIpc) is 3.20. The van der Waals surface area contributed by atoms with Crippen molar-refractivity contribution in [2.45, 2.75) is 9.17 Å². The third-order valence-electron chi connectivity index (χ3n) is 5.34. The van der Waals surface area contributed by atoms with Crippen molar-refractivity contribution in [3.63, 3.8) is 0 Å². The second-order valence-electron chi connectivity index (χ2n) is 12.0. The average molecular weight is 1560 g/mol. The van der Waals surface area contributed by atoms with Crippen LogP contribution in [0, 0.1) is 0 Å². The van der Waals surface area contributed by atoms with E-state index in [1.54, 1.807) is 0 Å². The number of halogens is 6. The van der Waals surface area contributed by atoms with Crippen molar-refractivity contribution in [3.8, 4) is 0 Å². The molecule has 0 aliphatic rings. The standard InChI is InChI=1S/C4H8Cl2O10S4.C4H9ClO5S2.C4H10O7S2.C3H7ClO6S2.C3H6F2O6S2.C2H6O6S2/c5-17(7,8)3-19(11,12)15-1-2-16-20(13,14)4-18(6,9)10;1-11(6,7)4-12(8,9)10-3-2-5;1-10-12(6,7)4(3-5)13(8,9)11-2;4-11(6,7)3-12(8,9)10-2-1-5;1-10-12(6,7)3(4,5)13(8,9)11-2;1-8-10(6,7)2-9(3,4)5/h1-4H2;2-4H2,1H3;4-5H,3H2,1-2H3;5H,1-3H2;1-2H3;2H2,1H3,(H,3,4,5). The molecule has 0 aromatic carbocycles. The van der Waals surface area contributed by atoms with Gasteiger partial charge in [-0.25, -0.2) is 33.7 Å². The maximum Gasteiger partial charge on any atom is 0.496 e. The molecule has 0 aliphatic heterocycles. The first-order chi connectivity index (χ1) is 34.9. The van der Waals surface area contributed by atoms with Gasteiger partial charge in [-0.2, -0.15) is 93.0 Å². The van der Waals surface area contributed by atoms with Gasteiger partial charge in [0.2, 0.25) is 36.8 Å². The zero-order chi connectivity index (χ0) is 65.9. The first-order valence-electron chi connectivity index (χ1n) is 17.4. The SMILES string of the molecule is COS(=O)(=O)C(CO)S(=O)(=O)OC.COS(=O)(=O)C(F)(F)S(=O)(=O)OC.COS(=O)(=O)CS(=O)(=O)O.CS(=O)(=O)CS(=O)(=O)OCCCl.O=S(=O)(Cl)CS(=O)(=O)OCCO.O=S(=O)(Cl)CS(=O)(=O)OCCOS(=O)(=O)CS(=O)(=O)Cl. The molecule has 0 amide bonds. The van der Waals surface area contributed by atoms with Crippen LogP contribution in [0.4, 0.5) is 8.78 Å². The molecule has 0 aromatic heterocycles. The molecule has 0 saturated heterocycles. The molecule has 0 fully saturated rings. The van der Waals surface area contributed by atoms with Crippen molar-refractivity contribution in [1.82, 2.24) is 0 Å². The van der Waals surface area contributed by atoms with E-state index in [1.807, 2.05) is 0 Å². The summed E-state index contributed by atoms with van der Waals surface area (Å²) < 4.78 is 356. The van der Waals surface area contributed by atoms with Gasteiger partial charge in [-0.1, -0.05) is 0 Å². The Labute approximate surface area is 478 Å². The third kappa shape index (κ3) is 50.0. The van der Waals surface area contributed by atoms with Crippen molar-refractivity contribution in [2.75, 3.05) is 113 Å². The summed E-state index contributed by atoms with van der Waals surface area (Å²) in [6, 6.07) is 0. The molecule has 80 heavy (non-hydrogen) atoms. The van der Waals surface area contributed by atoms with Crippen LogP contribution in [0.15, 0.2) is 0 Å². The third-order valence-corrected chi connectivity index (χ3v) is 29.8. The molecule has 492 valence electrons. The van der Waals surface area contributed by atoms with Crippen molar-refractivity contribution < 1.29 is 179 Å². The Morgan fingerprint density at radius 3 is 0.875 bits per heavy atom. The van der Waals surface area contributed by atoms with Gasteiger partial charge in [0.1, 0.15) is 0 Å². The highest BCUT2D eigenvalue weighted by atomic mass is 35.7. The largest absolute Gasteiger partial charge is 0.496 e. The zero-order valence-corrected chi connectivity index (χ0v) is 54.4. The van der Waals surface area contributed by atoms with Crippen molar-refractivity contribution in [2.24, 2.45) is 0 Å². The Kier molecular flexibility index (Phi) is 41.9. The Hall–Kier alpha value is -0.160. The lowest BCUT2D eigenvalue weighted by Gasteiger charge is -2.13. The first-order valence-corrected chi connectivity index (χ1v) is 42.7. The summed E-state index contributed by atoms with van der Waals surface area (Å²) in [5.74, 6) is 0.00297. The van der Waals surface area contributed by atoms with Crippen molar-refractivity contribution in [3.05, 3.63) is 0 Å². The van der Waals surface area contributed by atoms with Crippen LogP contribution in [0.5, 0.6) is 0 Å². The minimum atomic E-state index is -5.51. The number of aliphatic hydroxyl groups excluding tert-OH is 2. The minimum absolute atomic E-state index is 0.00297. The maximum atomic E-state index is 12.6. The zero-order valence-electron chi connectivity index (χ0n) is 40.0. The summed E-state index contributed by atoms with van der Waals surface area (Å²) in [5.41, 5.74) is 0. The Bertz CT molecular complexity index is 3370. The van der Waals surface area contributed by atoms with Crippen LogP contribution in [0.2, 0.25) is 0 Å². The summed E-state index contributed by atoms with van der Waals surface area (Å²) in [4.78, 5) is 0. The van der Waals surface area contributed by atoms with Gasteiger partial charge in [-0.3, -0.25) is 42.2 Å². The predicted octanol–water partition coefficient (Wildman–Crippen LogP) is -6.29. The van der Waals surface area contributed by atoms with Gasteiger partial charge >= 0.3 is 24.8 Å². The fourth-order valence-corrected chi connectivity index (χ4v) is 20.5. The lowest BCUT2D eigenvalue weighted by atomic mass is 10.8. The number of sulfone groups is 1.